The molecule has 1 N–H and O–H groups in total. The highest BCUT2D eigenvalue weighted by Gasteiger charge is 2.09. The van der Waals surface area contributed by atoms with Crippen LogP contribution in [-0.2, 0) is 6.54 Å². The average Bonchev–Trinajstić information content (AvgIpc) is 3.18. The van der Waals surface area contributed by atoms with E-state index < -0.39 is 6.10 Å². The molecule has 3 rings (SSSR count). The largest absolute Gasteiger partial charge is 0.387 e. The van der Waals surface area contributed by atoms with E-state index in [-0.39, 0.29) is 0 Å². The third-order valence-corrected chi connectivity index (χ3v) is 3.33. The summed E-state index contributed by atoms with van der Waals surface area (Å²) in [4.78, 5) is 0. The maximum Gasteiger partial charge on any atom is 0.111 e. The van der Waals surface area contributed by atoms with Crippen LogP contribution in [0.25, 0.3) is 5.69 Å². The maximum absolute atomic E-state index is 9.73. The summed E-state index contributed by atoms with van der Waals surface area (Å²) >= 11 is 0. The van der Waals surface area contributed by atoms with E-state index in [0.29, 0.717) is 18.7 Å². The van der Waals surface area contributed by atoms with Gasteiger partial charge in [0.2, 0.25) is 0 Å². The summed E-state index contributed by atoms with van der Waals surface area (Å²) in [6.07, 6.45) is 5.54. The van der Waals surface area contributed by atoms with Gasteiger partial charge in [-0.1, -0.05) is 24.3 Å². The lowest BCUT2D eigenvalue weighted by Crippen LogP contribution is -2.01. The van der Waals surface area contributed by atoms with Crippen LogP contribution in [0, 0.1) is 0 Å². The first-order valence-electron chi connectivity index (χ1n) is 6.93. The molecule has 3 aromatic rings. The van der Waals surface area contributed by atoms with E-state index >= 15 is 0 Å². The summed E-state index contributed by atoms with van der Waals surface area (Å²) < 4.78 is 3.55. The molecule has 0 spiro atoms. The minimum Gasteiger partial charge on any atom is -0.387 e. The van der Waals surface area contributed by atoms with Gasteiger partial charge in [0.1, 0.15) is 5.69 Å². The van der Waals surface area contributed by atoms with Crippen LogP contribution in [0.5, 0.6) is 0 Å². The van der Waals surface area contributed by atoms with Gasteiger partial charge in [-0.15, -0.1) is 5.10 Å². The van der Waals surface area contributed by atoms with E-state index in [1.165, 1.54) is 0 Å². The molecule has 108 valence electrons. The zero-order chi connectivity index (χ0) is 14.7. The smallest absolute Gasteiger partial charge is 0.111 e. The first-order valence-corrected chi connectivity index (χ1v) is 6.93. The Labute approximate surface area is 122 Å². The molecular weight excluding hydrogens is 266 g/mol. The molecule has 6 heteroatoms. The molecule has 0 radical (unpaired) electrons. The normalized spacial score (nSPS) is 12.5. The minimum absolute atomic E-state index is 0.541. The van der Waals surface area contributed by atoms with Crippen molar-refractivity contribution in [2.75, 3.05) is 0 Å². The number of hydrogen-bond donors (Lipinski definition) is 1. The zero-order valence-corrected chi connectivity index (χ0v) is 11.8. The Morgan fingerprint density at radius 3 is 2.71 bits per heavy atom. The van der Waals surface area contributed by atoms with Gasteiger partial charge in [-0.3, -0.25) is 0 Å². The fourth-order valence-electron chi connectivity index (χ4n) is 2.12. The lowest BCUT2D eigenvalue weighted by Gasteiger charge is -2.04. The van der Waals surface area contributed by atoms with E-state index in [2.05, 4.69) is 15.4 Å². The summed E-state index contributed by atoms with van der Waals surface area (Å²) in [5.74, 6) is 0. The van der Waals surface area contributed by atoms with Crippen LogP contribution in [0.2, 0.25) is 0 Å². The Balaban J connectivity index is 1.72. The highest BCUT2D eigenvalue weighted by molar-refractivity contribution is 5.33. The van der Waals surface area contributed by atoms with Gasteiger partial charge in [0, 0.05) is 12.4 Å². The molecule has 2 aromatic heterocycles. The third kappa shape index (κ3) is 3.00. The third-order valence-electron chi connectivity index (χ3n) is 3.33. The topological polar surface area (TPSA) is 68.8 Å². The summed E-state index contributed by atoms with van der Waals surface area (Å²) in [6.45, 7) is 2.54. The number of aliphatic hydroxyl groups is 1. The van der Waals surface area contributed by atoms with Crippen LogP contribution >= 0.6 is 0 Å². The quantitative estimate of drug-likeness (QED) is 0.777. The summed E-state index contributed by atoms with van der Waals surface area (Å²) in [6, 6.07) is 10.00. The number of aliphatic hydroxyl groups excluding tert-OH is 1. The molecule has 1 unspecified atom stereocenters. The van der Waals surface area contributed by atoms with Crippen molar-refractivity contribution in [3.63, 3.8) is 0 Å². The van der Waals surface area contributed by atoms with Crippen LogP contribution in [0.15, 0.2) is 48.9 Å². The predicted octanol–water partition coefficient (Wildman–Crippen LogP) is 1.96. The first-order chi connectivity index (χ1) is 10.3. The van der Waals surface area contributed by atoms with E-state index in [9.17, 15) is 5.11 Å². The summed E-state index contributed by atoms with van der Waals surface area (Å²) in [7, 11) is 0. The molecular formula is C15H17N5O. The SMILES string of the molecule is CCC(O)c1cn(Cc2ccc(-n3cccn3)cc2)nn1. The van der Waals surface area contributed by atoms with Crippen molar-refractivity contribution < 1.29 is 5.11 Å². The fourth-order valence-corrected chi connectivity index (χ4v) is 2.12. The second-order valence-electron chi connectivity index (χ2n) is 4.88. The van der Waals surface area contributed by atoms with Crippen molar-refractivity contribution in [2.24, 2.45) is 0 Å². The van der Waals surface area contributed by atoms with E-state index in [0.717, 1.165) is 11.3 Å². The van der Waals surface area contributed by atoms with Gasteiger partial charge in [-0.2, -0.15) is 5.10 Å². The van der Waals surface area contributed by atoms with Crippen LogP contribution in [0.1, 0.15) is 30.7 Å². The van der Waals surface area contributed by atoms with E-state index in [1.807, 2.05) is 48.1 Å². The van der Waals surface area contributed by atoms with Crippen LogP contribution in [-0.4, -0.2) is 29.9 Å². The number of hydrogen-bond acceptors (Lipinski definition) is 4. The van der Waals surface area contributed by atoms with Crippen molar-refractivity contribution >= 4 is 0 Å². The molecule has 6 nitrogen and oxygen atoms in total. The molecule has 0 amide bonds. The molecule has 0 bridgehead atoms. The van der Waals surface area contributed by atoms with Gasteiger partial charge < -0.3 is 5.11 Å². The maximum atomic E-state index is 9.73. The minimum atomic E-state index is -0.541. The van der Waals surface area contributed by atoms with Gasteiger partial charge in [-0.25, -0.2) is 9.36 Å². The lowest BCUT2D eigenvalue weighted by molar-refractivity contribution is 0.168. The highest BCUT2D eigenvalue weighted by Crippen LogP contribution is 2.13. The molecule has 0 fully saturated rings. The van der Waals surface area contributed by atoms with Crippen molar-refractivity contribution in [3.8, 4) is 5.69 Å². The molecule has 1 aromatic carbocycles. The summed E-state index contributed by atoms with van der Waals surface area (Å²) in [5, 5.41) is 22.0. The monoisotopic (exact) mass is 283 g/mol. The van der Waals surface area contributed by atoms with E-state index in [1.54, 1.807) is 17.1 Å². The second kappa shape index (κ2) is 5.88. The molecule has 0 saturated carbocycles. The first kappa shape index (κ1) is 13.5. The highest BCUT2D eigenvalue weighted by atomic mass is 16.3. The van der Waals surface area contributed by atoms with Gasteiger partial charge in [0.25, 0.3) is 0 Å². The molecule has 0 aliphatic heterocycles. The molecule has 21 heavy (non-hydrogen) atoms. The Hall–Kier alpha value is -2.47. The molecule has 2 heterocycles. The Morgan fingerprint density at radius 1 is 1.24 bits per heavy atom. The van der Waals surface area contributed by atoms with Gasteiger partial charge in [0.15, 0.2) is 0 Å². The Morgan fingerprint density at radius 2 is 2.05 bits per heavy atom. The van der Waals surface area contributed by atoms with Crippen LogP contribution in [0.4, 0.5) is 0 Å². The van der Waals surface area contributed by atoms with Gasteiger partial charge in [-0.05, 0) is 30.2 Å². The predicted molar refractivity (Wildman–Crippen MR) is 77.9 cm³/mol. The molecule has 0 saturated heterocycles. The molecule has 0 aliphatic carbocycles. The average molecular weight is 283 g/mol. The van der Waals surface area contributed by atoms with Crippen molar-refractivity contribution in [3.05, 3.63) is 60.2 Å². The number of benzene rings is 1. The fraction of sp³-hybridized carbons (Fsp3) is 0.267. The number of nitrogens with zero attached hydrogens (tertiary/aromatic N) is 5. The zero-order valence-electron chi connectivity index (χ0n) is 11.8. The van der Waals surface area contributed by atoms with Crippen LogP contribution < -0.4 is 0 Å². The van der Waals surface area contributed by atoms with Crippen molar-refractivity contribution in [2.45, 2.75) is 26.0 Å². The van der Waals surface area contributed by atoms with Gasteiger partial charge >= 0.3 is 0 Å². The van der Waals surface area contributed by atoms with Crippen molar-refractivity contribution in [1.29, 1.82) is 0 Å². The Kier molecular flexibility index (Phi) is 3.79. The van der Waals surface area contributed by atoms with Gasteiger partial charge in [0.05, 0.1) is 24.5 Å². The number of aromatic nitrogens is 5. The van der Waals surface area contributed by atoms with Crippen molar-refractivity contribution in [1.82, 2.24) is 24.8 Å². The second-order valence-corrected chi connectivity index (χ2v) is 4.88. The standard InChI is InChI=1S/C15H17N5O/c1-2-15(21)14-11-19(18-17-14)10-12-4-6-13(7-5-12)20-9-3-8-16-20/h3-9,11,15,21H,2,10H2,1H3. The molecule has 0 aliphatic rings. The number of rotatable bonds is 5. The van der Waals surface area contributed by atoms with Crippen LogP contribution in [0.3, 0.4) is 0 Å². The Bertz CT molecular complexity index is 687. The van der Waals surface area contributed by atoms with E-state index in [4.69, 9.17) is 0 Å². The lowest BCUT2D eigenvalue weighted by atomic mass is 10.2. The molecule has 1 atom stereocenters. The summed E-state index contributed by atoms with van der Waals surface area (Å²) in [5.41, 5.74) is 2.75.